The lowest BCUT2D eigenvalue weighted by Gasteiger charge is -2.05. The zero-order valence-electron chi connectivity index (χ0n) is 9.36. The van der Waals surface area contributed by atoms with E-state index in [0.717, 1.165) is 23.0 Å². The molecule has 0 aliphatic carbocycles. The van der Waals surface area contributed by atoms with Crippen LogP contribution in [0.2, 0.25) is 0 Å². The van der Waals surface area contributed by atoms with Gasteiger partial charge in [-0.15, -0.1) is 11.8 Å². The predicted molar refractivity (Wildman–Crippen MR) is 70.3 cm³/mol. The molecule has 17 heavy (non-hydrogen) atoms. The third kappa shape index (κ3) is 4.34. The Labute approximate surface area is 106 Å². The van der Waals surface area contributed by atoms with E-state index in [4.69, 9.17) is 9.47 Å². The summed E-state index contributed by atoms with van der Waals surface area (Å²) < 4.78 is 11.0. The Hall–Kier alpha value is -1.71. The molecule has 2 bridgehead atoms. The van der Waals surface area contributed by atoms with Gasteiger partial charge in [-0.25, -0.2) is 0 Å². The molecule has 1 aromatic carbocycles. The fraction of sp³-hybridized carbons (Fsp3) is 0.286. The Balaban J connectivity index is 2.08. The quantitative estimate of drug-likeness (QED) is 0.652. The molecule has 0 unspecified atom stereocenters. The number of ether oxygens (including phenoxy) is 2. The van der Waals surface area contributed by atoms with Gasteiger partial charge in [-0.1, -0.05) is 29.7 Å². The van der Waals surface area contributed by atoms with Gasteiger partial charge in [0.2, 0.25) is 0 Å². The summed E-state index contributed by atoms with van der Waals surface area (Å²) in [7, 11) is 0. The van der Waals surface area contributed by atoms with Crippen LogP contribution in [0.4, 0.5) is 0 Å². The van der Waals surface area contributed by atoms with Crippen molar-refractivity contribution in [3.05, 3.63) is 24.3 Å². The molecule has 0 N–H and O–H groups in total. The Morgan fingerprint density at radius 1 is 0.882 bits per heavy atom. The van der Waals surface area contributed by atoms with Crippen molar-refractivity contribution in [1.82, 2.24) is 0 Å². The highest BCUT2D eigenvalue weighted by Crippen LogP contribution is 2.19. The highest BCUT2D eigenvalue weighted by molar-refractivity contribution is 7.99. The van der Waals surface area contributed by atoms with Gasteiger partial charge >= 0.3 is 0 Å². The van der Waals surface area contributed by atoms with Gasteiger partial charge < -0.3 is 9.47 Å². The molecule has 0 atom stereocenters. The third-order valence-electron chi connectivity index (χ3n) is 2.03. The van der Waals surface area contributed by atoms with Gasteiger partial charge in [0.05, 0.1) is 11.5 Å². The average molecular weight is 244 g/mol. The van der Waals surface area contributed by atoms with E-state index in [-0.39, 0.29) is 0 Å². The van der Waals surface area contributed by atoms with Crippen molar-refractivity contribution < 1.29 is 9.47 Å². The maximum Gasteiger partial charge on any atom is 0.149 e. The maximum absolute atomic E-state index is 5.49. The Bertz CT molecular complexity index is 447. The van der Waals surface area contributed by atoms with Crippen molar-refractivity contribution in [3.63, 3.8) is 0 Å². The SMILES string of the molecule is C1#CCSCC#CCOc2cccc(c2)OC1. The summed E-state index contributed by atoms with van der Waals surface area (Å²) in [6.45, 7) is 0.825. The second-order valence-corrected chi connectivity index (χ2v) is 4.24. The molecule has 86 valence electrons. The summed E-state index contributed by atoms with van der Waals surface area (Å²) in [6.07, 6.45) is 0. The minimum atomic E-state index is 0.412. The zero-order chi connectivity index (χ0) is 11.8. The first kappa shape index (κ1) is 11.8. The van der Waals surface area contributed by atoms with E-state index in [1.54, 1.807) is 11.8 Å². The molecule has 1 aliphatic rings. The van der Waals surface area contributed by atoms with Crippen molar-refractivity contribution in [2.75, 3.05) is 24.7 Å². The molecule has 3 heteroatoms. The van der Waals surface area contributed by atoms with Gasteiger partial charge in [-0.3, -0.25) is 0 Å². The summed E-state index contributed by atoms with van der Waals surface area (Å²) in [5, 5.41) is 0. The van der Waals surface area contributed by atoms with Crippen molar-refractivity contribution in [2.24, 2.45) is 0 Å². The molecular weight excluding hydrogens is 232 g/mol. The first-order valence-corrected chi connectivity index (χ1v) is 6.45. The van der Waals surface area contributed by atoms with Gasteiger partial charge in [0.1, 0.15) is 24.7 Å². The van der Waals surface area contributed by atoms with Crippen molar-refractivity contribution in [2.45, 2.75) is 0 Å². The number of hydrogen-bond donors (Lipinski definition) is 0. The van der Waals surface area contributed by atoms with E-state index >= 15 is 0 Å². The van der Waals surface area contributed by atoms with Crippen LogP contribution < -0.4 is 9.47 Å². The summed E-state index contributed by atoms with van der Waals surface area (Å²) in [6, 6.07) is 7.53. The van der Waals surface area contributed by atoms with Gasteiger partial charge in [-0.05, 0) is 12.1 Å². The van der Waals surface area contributed by atoms with E-state index < -0.39 is 0 Å². The van der Waals surface area contributed by atoms with Crippen molar-refractivity contribution >= 4 is 11.8 Å². The van der Waals surface area contributed by atoms with Crippen LogP contribution in [0.1, 0.15) is 0 Å². The van der Waals surface area contributed by atoms with E-state index in [9.17, 15) is 0 Å². The number of rotatable bonds is 0. The smallest absolute Gasteiger partial charge is 0.149 e. The molecular formula is C14H12O2S. The van der Waals surface area contributed by atoms with E-state index in [0.29, 0.717) is 13.2 Å². The Morgan fingerprint density at radius 2 is 1.47 bits per heavy atom. The normalized spacial score (nSPS) is 14.8. The second-order valence-electron chi connectivity index (χ2n) is 3.25. The summed E-state index contributed by atoms with van der Waals surface area (Å²) in [4.78, 5) is 0. The minimum absolute atomic E-state index is 0.412. The molecule has 1 aromatic rings. The summed E-state index contributed by atoms with van der Waals surface area (Å²) >= 11 is 1.70. The van der Waals surface area contributed by atoms with Crippen molar-refractivity contribution in [3.8, 4) is 35.2 Å². The van der Waals surface area contributed by atoms with Crippen LogP contribution in [0.25, 0.3) is 0 Å². The van der Waals surface area contributed by atoms with Crippen LogP contribution in [0.5, 0.6) is 11.5 Å². The first-order valence-electron chi connectivity index (χ1n) is 5.30. The number of thioether (sulfide) groups is 1. The fourth-order valence-corrected chi connectivity index (χ4v) is 1.76. The highest BCUT2D eigenvalue weighted by Gasteiger charge is 1.96. The number of fused-ring (bicyclic) bond motifs is 2. The number of benzene rings is 1. The average Bonchev–Trinajstić information content (AvgIpc) is 2.36. The predicted octanol–water partition coefficient (Wildman–Crippen LogP) is 2.20. The summed E-state index contributed by atoms with van der Waals surface area (Å²) in [5.74, 6) is 15.1. The van der Waals surface area contributed by atoms with Gasteiger partial charge in [-0.2, -0.15) is 0 Å². The van der Waals surface area contributed by atoms with Crippen LogP contribution >= 0.6 is 11.8 Å². The molecule has 0 radical (unpaired) electrons. The molecule has 2 rings (SSSR count). The van der Waals surface area contributed by atoms with Gasteiger partial charge in [0.25, 0.3) is 0 Å². The Morgan fingerprint density at radius 3 is 2.06 bits per heavy atom. The molecule has 0 fully saturated rings. The maximum atomic E-state index is 5.49. The molecule has 0 aromatic heterocycles. The van der Waals surface area contributed by atoms with Gasteiger partial charge in [0, 0.05) is 6.07 Å². The standard InChI is InChI=1S/C14H12O2S/c1-3-10-17-11-4-2-9-16-14-7-5-6-13(12-14)15-8-1/h5-7,12H,8-11H2. The second kappa shape index (κ2) is 6.78. The molecule has 0 spiro atoms. The zero-order valence-corrected chi connectivity index (χ0v) is 10.2. The Kier molecular flexibility index (Phi) is 4.69. The molecule has 1 heterocycles. The summed E-state index contributed by atoms with van der Waals surface area (Å²) in [5.41, 5.74) is 0. The molecule has 0 saturated carbocycles. The lowest BCUT2D eigenvalue weighted by Crippen LogP contribution is -1.97. The molecule has 0 saturated heterocycles. The van der Waals surface area contributed by atoms with Crippen LogP contribution in [0.15, 0.2) is 24.3 Å². The lowest BCUT2D eigenvalue weighted by atomic mass is 10.3. The van der Waals surface area contributed by atoms with Crippen LogP contribution in [-0.2, 0) is 0 Å². The topological polar surface area (TPSA) is 18.5 Å². The fourth-order valence-electron chi connectivity index (χ4n) is 1.25. The highest BCUT2D eigenvalue weighted by atomic mass is 32.2. The minimum Gasteiger partial charge on any atom is -0.481 e. The van der Waals surface area contributed by atoms with E-state index in [2.05, 4.69) is 23.7 Å². The van der Waals surface area contributed by atoms with Crippen LogP contribution in [-0.4, -0.2) is 24.7 Å². The molecule has 1 aliphatic heterocycles. The van der Waals surface area contributed by atoms with Crippen LogP contribution in [0.3, 0.4) is 0 Å². The molecule has 0 amide bonds. The largest absolute Gasteiger partial charge is 0.481 e. The van der Waals surface area contributed by atoms with E-state index in [1.807, 2.05) is 24.3 Å². The monoisotopic (exact) mass is 244 g/mol. The third-order valence-corrected chi connectivity index (χ3v) is 2.72. The van der Waals surface area contributed by atoms with Gasteiger partial charge in [0.15, 0.2) is 0 Å². The lowest BCUT2D eigenvalue weighted by molar-refractivity contribution is 0.351. The van der Waals surface area contributed by atoms with Crippen LogP contribution in [0, 0.1) is 23.7 Å². The van der Waals surface area contributed by atoms with Crippen molar-refractivity contribution in [1.29, 1.82) is 0 Å². The molecule has 2 nitrogen and oxygen atoms in total. The van der Waals surface area contributed by atoms with E-state index in [1.165, 1.54) is 0 Å². The first-order chi connectivity index (χ1) is 8.45. The number of hydrogen-bond acceptors (Lipinski definition) is 3.